The van der Waals surface area contributed by atoms with Gasteiger partial charge in [-0.15, -0.1) is 12.6 Å². The maximum absolute atomic E-state index is 12.8. The van der Waals surface area contributed by atoms with Gasteiger partial charge in [-0.1, -0.05) is 12.1 Å². The van der Waals surface area contributed by atoms with E-state index in [-0.39, 0.29) is 11.5 Å². The highest BCUT2D eigenvalue weighted by atomic mass is 32.1. The van der Waals surface area contributed by atoms with Crippen molar-refractivity contribution in [3.05, 3.63) is 59.4 Å². The summed E-state index contributed by atoms with van der Waals surface area (Å²) >= 11 is 4.34. The zero-order valence-electron chi connectivity index (χ0n) is 12.9. The maximum Gasteiger partial charge on any atom is 0.266 e. The van der Waals surface area contributed by atoms with E-state index in [1.54, 1.807) is 6.08 Å². The lowest BCUT2D eigenvalue weighted by molar-refractivity contribution is -0.124. The molecule has 1 aliphatic rings. The van der Waals surface area contributed by atoms with Gasteiger partial charge in [-0.25, -0.2) is 0 Å². The number of carbonyl (C=O) groups excluding carboxylic acids is 2. The predicted octanol–water partition coefficient (Wildman–Crippen LogP) is 2.09. The smallest absolute Gasteiger partial charge is 0.266 e. The molecule has 2 amide bonds. The number of hydrogen-bond donors (Lipinski definition) is 2. The first-order chi connectivity index (χ1) is 11.0. The largest absolute Gasteiger partial charge is 0.351 e. The van der Waals surface area contributed by atoms with Crippen LogP contribution in [0, 0.1) is 6.92 Å². The highest BCUT2D eigenvalue weighted by Crippen LogP contribution is 2.25. The van der Waals surface area contributed by atoms with Crippen molar-refractivity contribution in [2.75, 3.05) is 4.90 Å². The molecule has 6 heteroatoms. The lowest BCUT2D eigenvalue weighted by Crippen LogP contribution is -2.55. The van der Waals surface area contributed by atoms with Crippen LogP contribution < -0.4 is 10.2 Å². The summed E-state index contributed by atoms with van der Waals surface area (Å²) < 4.78 is 1.84. The average molecular weight is 327 g/mol. The normalized spacial score (nSPS) is 20.0. The summed E-state index contributed by atoms with van der Waals surface area (Å²) in [5, 5.41) is 2.71. The fourth-order valence-electron chi connectivity index (χ4n) is 2.53. The minimum absolute atomic E-state index is 0.0959. The molecule has 23 heavy (non-hydrogen) atoms. The van der Waals surface area contributed by atoms with Gasteiger partial charge in [-0.05, 0) is 42.8 Å². The van der Waals surface area contributed by atoms with Gasteiger partial charge in [0.05, 0.1) is 0 Å². The van der Waals surface area contributed by atoms with Gasteiger partial charge in [0, 0.05) is 24.6 Å². The molecule has 118 valence electrons. The number of rotatable bonds is 2. The first-order valence-corrected chi connectivity index (χ1v) is 7.71. The van der Waals surface area contributed by atoms with E-state index >= 15 is 0 Å². The summed E-state index contributed by atoms with van der Waals surface area (Å²) in [4.78, 5) is 26.5. The molecule has 0 saturated carbocycles. The lowest BCUT2D eigenvalue weighted by Gasteiger charge is -2.34. The average Bonchev–Trinajstić information content (AvgIpc) is 2.88. The molecule has 1 atom stereocenters. The van der Waals surface area contributed by atoms with Gasteiger partial charge >= 0.3 is 0 Å². The Morgan fingerprint density at radius 2 is 2.00 bits per heavy atom. The zero-order valence-corrected chi connectivity index (χ0v) is 13.7. The van der Waals surface area contributed by atoms with Crippen molar-refractivity contribution in [1.82, 2.24) is 9.88 Å². The fraction of sp³-hybridized carbons (Fsp3) is 0.176. The SMILES string of the molecule is Cc1cccc(N2C(=O)/C(=C/c3cccn3C)C(=O)NC2S)c1. The molecular weight excluding hydrogens is 310 g/mol. The van der Waals surface area contributed by atoms with Crippen molar-refractivity contribution in [2.45, 2.75) is 12.4 Å². The third-order valence-corrected chi connectivity index (χ3v) is 4.11. The minimum atomic E-state index is -0.692. The Kier molecular flexibility index (Phi) is 4.00. The molecule has 1 aromatic heterocycles. The lowest BCUT2D eigenvalue weighted by atomic mass is 10.1. The van der Waals surface area contributed by atoms with Crippen LogP contribution in [-0.4, -0.2) is 21.9 Å². The van der Waals surface area contributed by atoms with Crippen LogP contribution in [0.4, 0.5) is 5.69 Å². The van der Waals surface area contributed by atoms with E-state index in [9.17, 15) is 9.59 Å². The first-order valence-electron chi connectivity index (χ1n) is 7.19. The molecule has 5 nitrogen and oxygen atoms in total. The molecule has 1 aromatic carbocycles. The van der Waals surface area contributed by atoms with E-state index in [0.29, 0.717) is 5.69 Å². The molecule has 2 aromatic rings. The van der Waals surface area contributed by atoms with Gasteiger partial charge in [-0.3, -0.25) is 14.5 Å². The number of anilines is 1. The van der Waals surface area contributed by atoms with Gasteiger partial charge in [-0.2, -0.15) is 0 Å². The second kappa shape index (κ2) is 5.96. The van der Waals surface area contributed by atoms with Crippen LogP contribution in [0.5, 0.6) is 0 Å². The molecule has 1 saturated heterocycles. The summed E-state index contributed by atoms with van der Waals surface area (Å²) in [6.45, 7) is 1.95. The monoisotopic (exact) mass is 327 g/mol. The number of benzene rings is 1. The summed E-state index contributed by atoms with van der Waals surface area (Å²) in [5.41, 5.74) is 1.92. The molecule has 2 heterocycles. The molecule has 1 N–H and O–H groups in total. The van der Waals surface area contributed by atoms with Crippen LogP contribution in [-0.2, 0) is 16.6 Å². The second-order valence-corrected chi connectivity index (χ2v) is 5.95. The molecule has 1 aliphatic heterocycles. The van der Waals surface area contributed by atoms with Crippen LogP contribution in [0.15, 0.2) is 48.2 Å². The van der Waals surface area contributed by atoms with Crippen molar-refractivity contribution in [1.29, 1.82) is 0 Å². The number of aryl methyl sites for hydroxylation is 2. The molecule has 1 fully saturated rings. The summed E-state index contributed by atoms with van der Waals surface area (Å²) in [6, 6.07) is 11.2. The van der Waals surface area contributed by atoms with Crippen molar-refractivity contribution in [3.8, 4) is 0 Å². The Morgan fingerprint density at radius 1 is 1.22 bits per heavy atom. The van der Waals surface area contributed by atoms with Crippen LogP contribution in [0.1, 0.15) is 11.3 Å². The van der Waals surface area contributed by atoms with Gasteiger partial charge in [0.25, 0.3) is 11.8 Å². The van der Waals surface area contributed by atoms with Crippen LogP contribution in [0.3, 0.4) is 0 Å². The first kappa shape index (κ1) is 15.4. The van der Waals surface area contributed by atoms with Gasteiger partial charge < -0.3 is 9.88 Å². The number of hydrogen-bond acceptors (Lipinski definition) is 3. The Hall–Kier alpha value is -2.47. The number of aromatic nitrogens is 1. The molecule has 1 unspecified atom stereocenters. The van der Waals surface area contributed by atoms with E-state index in [1.165, 1.54) is 4.90 Å². The van der Waals surface area contributed by atoms with E-state index in [4.69, 9.17) is 0 Å². The maximum atomic E-state index is 12.8. The number of nitrogens with one attached hydrogen (secondary N) is 1. The Bertz CT molecular complexity index is 810. The van der Waals surface area contributed by atoms with Crippen molar-refractivity contribution in [2.24, 2.45) is 7.05 Å². The molecule has 0 bridgehead atoms. The Balaban J connectivity index is 2.03. The minimum Gasteiger partial charge on any atom is -0.351 e. The third-order valence-electron chi connectivity index (χ3n) is 3.75. The predicted molar refractivity (Wildman–Crippen MR) is 93.0 cm³/mol. The van der Waals surface area contributed by atoms with E-state index in [2.05, 4.69) is 17.9 Å². The summed E-state index contributed by atoms with van der Waals surface area (Å²) in [5.74, 6) is -0.777. The molecule has 0 spiro atoms. The highest BCUT2D eigenvalue weighted by molar-refractivity contribution is 7.81. The number of carbonyl (C=O) groups is 2. The highest BCUT2D eigenvalue weighted by Gasteiger charge is 2.35. The van der Waals surface area contributed by atoms with Crippen LogP contribution >= 0.6 is 12.6 Å². The van der Waals surface area contributed by atoms with E-state index in [1.807, 2.05) is 61.1 Å². The van der Waals surface area contributed by atoms with E-state index < -0.39 is 11.4 Å². The number of amides is 2. The summed E-state index contributed by atoms with van der Waals surface area (Å²) in [6.07, 6.45) is 3.46. The van der Waals surface area contributed by atoms with Gasteiger partial charge in [0.2, 0.25) is 0 Å². The van der Waals surface area contributed by atoms with Crippen molar-refractivity contribution >= 4 is 36.2 Å². The quantitative estimate of drug-likeness (QED) is 0.504. The second-order valence-electron chi connectivity index (χ2n) is 5.46. The Morgan fingerprint density at radius 3 is 2.65 bits per heavy atom. The topological polar surface area (TPSA) is 54.3 Å². The zero-order chi connectivity index (χ0) is 16.6. The number of nitrogens with zero attached hydrogens (tertiary/aromatic N) is 2. The standard InChI is InChI=1S/C17H17N3O2S/c1-11-5-3-6-13(9-11)20-16(22)14(15(21)18-17(20)23)10-12-7-4-8-19(12)2/h3-10,17,23H,1-2H3,(H,18,21)/b14-10+. The van der Waals surface area contributed by atoms with Crippen molar-refractivity contribution in [3.63, 3.8) is 0 Å². The van der Waals surface area contributed by atoms with Gasteiger partial charge in [0.1, 0.15) is 5.57 Å². The third kappa shape index (κ3) is 2.90. The fourth-order valence-corrected chi connectivity index (χ4v) is 2.89. The van der Waals surface area contributed by atoms with Crippen molar-refractivity contribution < 1.29 is 9.59 Å². The molecular formula is C17H17N3O2S. The van der Waals surface area contributed by atoms with Crippen LogP contribution in [0.2, 0.25) is 0 Å². The van der Waals surface area contributed by atoms with Crippen LogP contribution in [0.25, 0.3) is 6.08 Å². The molecule has 0 aliphatic carbocycles. The molecule has 0 radical (unpaired) electrons. The van der Waals surface area contributed by atoms with E-state index in [0.717, 1.165) is 11.3 Å². The van der Waals surface area contributed by atoms with Gasteiger partial charge in [0.15, 0.2) is 5.50 Å². The Labute approximate surface area is 140 Å². The summed E-state index contributed by atoms with van der Waals surface area (Å²) in [7, 11) is 1.86. The molecule has 3 rings (SSSR count). The number of thiol groups is 1.